The van der Waals surface area contributed by atoms with Gasteiger partial charge in [-0.2, -0.15) is 10.6 Å². The Bertz CT molecular complexity index is 518. The second-order valence-corrected chi connectivity index (χ2v) is 5.06. The number of hydrazone groups is 1. The molecule has 6 heteroatoms. The van der Waals surface area contributed by atoms with Gasteiger partial charge >= 0.3 is 0 Å². The molecule has 1 amide bonds. The van der Waals surface area contributed by atoms with Crippen LogP contribution < -0.4 is 5.48 Å². The van der Waals surface area contributed by atoms with E-state index in [9.17, 15) is 10.0 Å². The number of amides is 1. The third-order valence-corrected chi connectivity index (χ3v) is 3.83. The van der Waals surface area contributed by atoms with Gasteiger partial charge in [0.2, 0.25) is 0 Å². The summed E-state index contributed by atoms with van der Waals surface area (Å²) in [4.78, 5) is 13.0. The molecule has 2 N–H and O–H groups in total. The highest BCUT2D eigenvalue weighted by molar-refractivity contribution is 7.98. The molecule has 0 spiro atoms. The predicted molar refractivity (Wildman–Crippen MR) is 70.9 cm³/mol. The quantitative estimate of drug-likeness (QED) is 0.639. The Balaban J connectivity index is 2.56. The topological polar surface area (TPSA) is 64.9 Å². The highest BCUT2D eigenvalue weighted by Crippen LogP contribution is 2.29. The SMILES string of the molecule is CSc1ccccc1C1=NN(C)C(=O)C1(C)NO. The van der Waals surface area contributed by atoms with Crippen molar-refractivity contribution in [3.05, 3.63) is 29.8 Å². The van der Waals surface area contributed by atoms with Gasteiger partial charge in [-0.15, -0.1) is 11.8 Å². The molecule has 1 aliphatic heterocycles. The highest BCUT2D eigenvalue weighted by atomic mass is 32.2. The van der Waals surface area contributed by atoms with Crippen molar-refractivity contribution in [2.45, 2.75) is 17.4 Å². The first-order valence-electron chi connectivity index (χ1n) is 5.46. The zero-order valence-electron chi connectivity index (χ0n) is 10.5. The van der Waals surface area contributed by atoms with Crippen LogP contribution in [0.4, 0.5) is 0 Å². The fourth-order valence-electron chi connectivity index (χ4n) is 1.98. The summed E-state index contributed by atoms with van der Waals surface area (Å²) >= 11 is 1.58. The Kier molecular flexibility index (Phi) is 3.43. The van der Waals surface area contributed by atoms with Gasteiger partial charge in [0.25, 0.3) is 5.91 Å². The van der Waals surface area contributed by atoms with E-state index in [1.165, 1.54) is 5.01 Å². The van der Waals surface area contributed by atoms with Crippen LogP contribution in [0.25, 0.3) is 0 Å². The first kappa shape index (κ1) is 13.1. The molecule has 1 aromatic rings. The summed E-state index contributed by atoms with van der Waals surface area (Å²) in [5.74, 6) is -0.282. The van der Waals surface area contributed by atoms with E-state index in [0.717, 1.165) is 10.5 Å². The summed E-state index contributed by atoms with van der Waals surface area (Å²) in [6.45, 7) is 1.62. The van der Waals surface area contributed by atoms with E-state index in [0.29, 0.717) is 5.71 Å². The lowest BCUT2D eigenvalue weighted by atomic mass is 9.91. The summed E-state index contributed by atoms with van der Waals surface area (Å²) in [5, 5.41) is 14.8. The van der Waals surface area contributed by atoms with E-state index < -0.39 is 5.54 Å². The van der Waals surface area contributed by atoms with Crippen LogP contribution >= 0.6 is 11.8 Å². The standard InChI is InChI=1S/C12H15N3O2S/c1-12(14-17)10(13-15(2)11(12)16)8-6-4-5-7-9(8)18-3/h4-7,14,17H,1-3H3. The van der Waals surface area contributed by atoms with E-state index in [1.54, 1.807) is 25.7 Å². The van der Waals surface area contributed by atoms with Crippen LogP contribution in [-0.2, 0) is 4.79 Å². The monoisotopic (exact) mass is 265 g/mol. The van der Waals surface area contributed by atoms with Gasteiger partial charge in [-0.25, -0.2) is 5.01 Å². The molecule has 0 radical (unpaired) electrons. The van der Waals surface area contributed by atoms with Crippen LogP contribution in [0.2, 0.25) is 0 Å². The van der Waals surface area contributed by atoms with Crippen molar-refractivity contribution in [2.75, 3.05) is 13.3 Å². The molecule has 1 heterocycles. The molecule has 1 atom stereocenters. The molecule has 1 aromatic carbocycles. The van der Waals surface area contributed by atoms with Gasteiger partial charge in [0.1, 0.15) is 5.71 Å². The van der Waals surface area contributed by atoms with Crippen LogP contribution in [0.15, 0.2) is 34.3 Å². The van der Waals surface area contributed by atoms with Gasteiger partial charge in [-0.3, -0.25) is 4.79 Å². The highest BCUT2D eigenvalue weighted by Gasteiger charge is 2.47. The molecular formula is C12H15N3O2S. The number of rotatable bonds is 3. The molecule has 1 aliphatic rings. The molecule has 0 fully saturated rings. The normalized spacial score (nSPS) is 23.4. The second-order valence-electron chi connectivity index (χ2n) is 4.21. The smallest absolute Gasteiger partial charge is 0.270 e. The number of nitrogens with zero attached hydrogens (tertiary/aromatic N) is 2. The minimum absolute atomic E-state index is 0.282. The van der Waals surface area contributed by atoms with Gasteiger partial charge < -0.3 is 5.21 Å². The number of hydrogen-bond donors (Lipinski definition) is 2. The van der Waals surface area contributed by atoms with Gasteiger partial charge in [-0.05, 0) is 19.2 Å². The lowest BCUT2D eigenvalue weighted by Gasteiger charge is -2.22. The van der Waals surface area contributed by atoms with E-state index in [-0.39, 0.29) is 5.91 Å². The fourth-order valence-corrected chi connectivity index (χ4v) is 2.58. The van der Waals surface area contributed by atoms with Crippen molar-refractivity contribution in [3.8, 4) is 0 Å². The third kappa shape index (κ3) is 1.82. The maximum atomic E-state index is 12.0. The van der Waals surface area contributed by atoms with E-state index in [2.05, 4.69) is 10.6 Å². The van der Waals surface area contributed by atoms with Gasteiger partial charge in [0, 0.05) is 17.5 Å². The number of carbonyl (C=O) groups is 1. The number of hydrogen-bond acceptors (Lipinski definition) is 5. The third-order valence-electron chi connectivity index (χ3n) is 3.03. The number of nitrogens with one attached hydrogen (secondary N) is 1. The van der Waals surface area contributed by atoms with Crippen LogP contribution in [0.3, 0.4) is 0 Å². The minimum atomic E-state index is -1.19. The molecule has 0 aliphatic carbocycles. The molecule has 0 saturated heterocycles. The Morgan fingerprint density at radius 1 is 1.44 bits per heavy atom. The first-order valence-corrected chi connectivity index (χ1v) is 6.69. The lowest BCUT2D eigenvalue weighted by Crippen LogP contribution is -2.54. The molecular weight excluding hydrogens is 250 g/mol. The Morgan fingerprint density at radius 2 is 2.11 bits per heavy atom. The molecule has 5 nitrogen and oxygen atoms in total. The maximum Gasteiger partial charge on any atom is 0.270 e. The number of likely N-dealkylation sites (N-methyl/N-ethyl adjacent to an activating group) is 1. The molecule has 0 aromatic heterocycles. The molecule has 0 bridgehead atoms. The van der Waals surface area contributed by atoms with Crippen LogP contribution in [0.1, 0.15) is 12.5 Å². The van der Waals surface area contributed by atoms with Crippen molar-refractivity contribution >= 4 is 23.4 Å². The van der Waals surface area contributed by atoms with E-state index >= 15 is 0 Å². The number of hydroxylamine groups is 1. The zero-order chi connectivity index (χ0) is 13.3. The summed E-state index contributed by atoms with van der Waals surface area (Å²) in [6.07, 6.45) is 1.96. The molecule has 96 valence electrons. The predicted octanol–water partition coefficient (Wildman–Crippen LogP) is 1.32. The average Bonchev–Trinajstić information content (AvgIpc) is 2.63. The number of thioether (sulfide) groups is 1. The van der Waals surface area contributed by atoms with Gasteiger partial charge in [-0.1, -0.05) is 18.2 Å². The Labute approximate surface area is 110 Å². The summed E-state index contributed by atoms with van der Waals surface area (Å²) < 4.78 is 0. The summed E-state index contributed by atoms with van der Waals surface area (Å²) in [5.41, 5.74) is 2.28. The fraction of sp³-hybridized carbons (Fsp3) is 0.333. The molecule has 1 unspecified atom stereocenters. The van der Waals surface area contributed by atoms with Gasteiger partial charge in [0.05, 0.1) is 0 Å². The van der Waals surface area contributed by atoms with Crippen molar-refractivity contribution in [2.24, 2.45) is 5.10 Å². The Morgan fingerprint density at radius 3 is 2.72 bits per heavy atom. The Hall–Kier alpha value is -1.37. The summed E-state index contributed by atoms with van der Waals surface area (Å²) in [7, 11) is 1.58. The van der Waals surface area contributed by atoms with Gasteiger partial charge in [0.15, 0.2) is 5.54 Å². The lowest BCUT2D eigenvalue weighted by molar-refractivity contribution is -0.134. The average molecular weight is 265 g/mol. The molecule has 18 heavy (non-hydrogen) atoms. The van der Waals surface area contributed by atoms with Crippen LogP contribution in [0.5, 0.6) is 0 Å². The van der Waals surface area contributed by atoms with E-state index in [1.807, 2.05) is 30.5 Å². The first-order chi connectivity index (χ1) is 8.54. The number of carbonyl (C=O) groups excluding carboxylic acids is 1. The van der Waals surface area contributed by atoms with Crippen LogP contribution in [-0.4, -0.2) is 40.7 Å². The molecule has 0 saturated carbocycles. The van der Waals surface area contributed by atoms with Crippen LogP contribution in [0, 0.1) is 0 Å². The van der Waals surface area contributed by atoms with Crippen molar-refractivity contribution in [3.63, 3.8) is 0 Å². The van der Waals surface area contributed by atoms with Crippen molar-refractivity contribution in [1.82, 2.24) is 10.5 Å². The number of benzene rings is 1. The maximum absolute atomic E-state index is 12.0. The minimum Gasteiger partial charge on any atom is -0.315 e. The zero-order valence-corrected chi connectivity index (χ0v) is 11.3. The van der Waals surface area contributed by atoms with Crippen molar-refractivity contribution in [1.29, 1.82) is 0 Å². The second kappa shape index (κ2) is 4.72. The molecule has 2 rings (SSSR count). The summed E-state index contributed by atoms with van der Waals surface area (Å²) in [6, 6.07) is 7.67. The van der Waals surface area contributed by atoms with Crippen molar-refractivity contribution < 1.29 is 10.0 Å². The largest absolute Gasteiger partial charge is 0.315 e. The van der Waals surface area contributed by atoms with E-state index in [4.69, 9.17) is 0 Å².